The Kier molecular flexibility index (Phi) is 4.99. The van der Waals surface area contributed by atoms with Gasteiger partial charge in [-0.3, -0.25) is 9.59 Å². The third-order valence-corrected chi connectivity index (χ3v) is 4.37. The maximum absolute atomic E-state index is 11.8. The van der Waals surface area contributed by atoms with Gasteiger partial charge in [0.15, 0.2) is 12.0 Å². The molecule has 0 unspecified atom stereocenters. The summed E-state index contributed by atoms with van der Waals surface area (Å²) in [6.45, 7) is 3.97. The molecule has 0 radical (unpaired) electrons. The Morgan fingerprint density at radius 3 is 2.50 bits per heavy atom. The second-order valence-corrected chi connectivity index (χ2v) is 5.88. The highest BCUT2D eigenvalue weighted by Gasteiger charge is 2.26. The van der Waals surface area contributed by atoms with Crippen molar-refractivity contribution in [2.45, 2.75) is 19.8 Å². The molecule has 0 saturated carbocycles. The first kappa shape index (κ1) is 16.3. The number of piperidine rings is 1. The number of ether oxygens (including phenoxy) is 1. The first-order valence-corrected chi connectivity index (χ1v) is 8.28. The van der Waals surface area contributed by atoms with Gasteiger partial charge in [0, 0.05) is 24.3 Å². The number of rotatable bonds is 5. The largest absolute Gasteiger partial charge is 0.466 e. The smallest absolute Gasteiger partial charge is 0.309 e. The van der Waals surface area contributed by atoms with E-state index in [2.05, 4.69) is 4.90 Å². The Morgan fingerprint density at radius 1 is 1.21 bits per heavy atom. The number of benzene rings is 1. The summed E-state index contributed by atoms with van der Waals surface area (Å²) in [6.07, 6.45) is 2.34. The van der Waals surface area contributed by atoms with E-state index in [0.29, 0.717) is 24.4 Å². The molecule has 1 fully saturated rings. The van der Waals surface area contributed by atoms with Crippen LogP contribution in [0.25, 0.3) is 11.3 Å². The number of carbonyl (C=O) groups excluding carboxylic acids is 2. The van der Waals surface area contributed by atoms with Crippen molar-refractivity contribution in [2.75, 3.05) is 24.6 Å². The molecule has 0 bridgehead atoms. The van der Waals surface area contributed by atoms with Gasteiger partial charge in [0.2, 0.25) is 0 Å². The fourth-order valence-electron chi connectivity index (χ4n) is 3.04. The van der Waals surface area contributed by atoms with E-state index >= 15 is 0 Å². The van der Waals surface area contributed by atoms with Crippen LogP contribution in [0, 0.1) is 5.92 Å². The summed E-state index contributed by atoms with van der Waals surface area (Å²) in [5, 5.41) is 0. The van der Waals surface area contributed by atoms with Crippen molar-refractivity contribution in [2.24, 2.45) is 5.92 Å². The number of hydrogen-bond acceptors (Lipinski definition) is 5. The second-order valence-electron chi connectivity index (χ2n) is 5.88. The average molecular weight is 327 g/mol. The molecule has 0 N–H and O–H groups in total. The van der Waals surface area contributed by atoms with Gasteiger partial charge in [-0.25, -0.2) is 0 Å². The van der Waals surface area contributed by atoms with Gasteiger partial charge in [0.1, 0.15) is 5.76 Å². The number of esters is 1. The van der Waals surface area contributed by atoms with Crippen molar-refractivity contribution >= 4 is 17.9 Å². The molecular formula is C19H21NO4. The Morgan fingerprint density at radius 2 is 1.92 bits per heavy atom. The molecule has 1 aromatic carbocycles. The number of furan rings is 1. The highest BCUT2D eigenvalue weighted by molar-refractivity contribution is 5.74. The van der Waals surface area contributed by atoms with Crippen molar-refractivity contribution in [1.82, 2.24) is 0 Å². The summed E-state index contributed by atoms with van der Waals surface area (Å²) in [7, 11) is 0. The third kappa shape index (κ3) is 3.50. The van der Waals surface area contributed by atoms with E-state index < -0.39 is 0 Å². The lowest BCUT2D eigenvalue weighted by atomic mass is 9.96. The molecule has 5 nitrogen and oxygen atoms in total. The molecule has 0 atom stereocenters. The molecule has 0 aliphatic carbocycles. The summed E-state index contributed by atoms with van der Waals surface area (Å²) < 4.78 is 10.5. The van der Waals surface area contributed by atoms with Crippen LogP contribution < -0.4 is 4.90 Å². The third-order valence-electron chi connectivity index (χ3n) is 4.37. The Bertz CT molecular complexity index is 696. The van der Waals surface area contributed by atoms with Gasteiger partial charge >= 0.3 is 5.97 Å². The predicted octanol–water partition coefficient (Wildman–Crippen LogP) is 3.54. The Hall–Kier alpha value is -2.56. The van der Waals surface area contributed by atoms with E-state index in [-0.39, 0.29) is 11.9 Å². The molecule has 0 spiro atoms. The van der Waals surface area contributed by atoms with Gasteiger partial charge in [-0.05, 0) is 56.2 Å². The highest BCUT2D eigenvalue weighted by Crippen LogP contribution is 2.27. The van der Waals surface area contributed by atoms with Crippen molar-refractivity contribution in [3.8, 4) is 11.3 Å². The van der Waals surface area contributed by atoms with Gasteiger partial charge in [-0.2, -0.15) is 0 Å². The fraction of sp³-hybridized carbons (Fsp3) is 0.368. The molecule has 1 aromatic heterocycles. The summed E-state index contributed by atoms with van der Waals surface area (Å²) in [6, 6.07) is 11.5. The molecule has 1 aliphatic rings. The lowest BCUT2D eigenvalue weighted by Crippen LogP contribution is -2.36. The normalized spacial score (nSPS) is 15.3. The lowest BCUT2D eigenvalue weighted by Gasteiger charge is -2.32. The van der Waals surface area contributed by atoms with Gasteiger partial charge in [-0.15, -0.1) is 0 Å². The van der Waals surface area contributed by atoms with Gasteiger partial charge in [0.25, 0.3) is 0 Å². The number of carbonyl (C=O) groups is 2. The molecule has 126 valence electrons. The lowest BCUT2D eigenvalue weighted by molar-refractivity contribution is -0.148. The van der Waals surface area contributed by atoms with E-state index in [0.717, 1.165) is 37.2 Å². The topological polar surface area (TPSA) is 59.8 Å². The van der Waals surface area contributed by atoms with Crippen molar-refractivity contribution in [3.63, 3.8) is 0 Å². The van der Waals surface area contributed by atoms with Crippen molar-refractivity contribution in [1.29, 1.82) is 0 Å². The first-order chi connectivity index (χ1) is 11.7. The number of aldehydes is 1. The van der Waals surface area contributed by atoms with Crippen LogP contribution in [0.2, 0.25) is 0 Å². The summed E-state index contributed by atoms with van der Waals surface area (Å²) in [4.78, 5) is 24.8. The molecule has 0 amide bonds. The second kappa shape index (κ2) is 7.34. The first-order valence-electron chi connectivity index (χ1n) is 8.28. The van der Waals surface area contributed by atoms with Crippen LogP contribution in [0.5, 0.6) is 0 Å². The van der Waals surface area contributed by atoms with Crippen LogP contribution in [-0.4, -0.2) is 32.0 Å². The maximum atomic E-state index is 11.8. The van der Waals surface area contributed by atoms with Crippen molar-refractivity contribution in [3.05, 3.63) is 42.2 Å². The van der Waals surface area contributed by atoms with Crippen molar-refractivity contribution < 1.29 is 18.7 Å². The molecule has 1 aliphatic heterocycles. The van der Waals surface area contributed by atoms with E-state index in [1.165, 1.54) is 0 Å². The average Bonchev–Trinajstić information content (AvgIpc) is 3.11. The zero-order chi connectivity index (χ0) is 16.9. The van der Waals surface area contributed by atoms with Crippen LogP contribution >= 0.6 is 0 Å². The standard InChI is InChI=1S/C19H21NO4/c1-2-23-19(22)15-9-11-20(12-10-15)16-5-3-14(4-6-16)18-8-7-17(13-21)24-18/h3-8,13,15H,2,9-12H2,1H3. The molecule has 1 saturated heterocycles. The summed E-state index contributed by atoms with van der Waals surface area (Å²) in [5.41, 5.74) is 2.07. The monoisotopic (exact) mass is 327 g/mol. The molecule has 24 heavy (non-hydrogen) atoms. The van der Waals surface area contributed by atoms with E-state index in [9.17, 15) is 9.59 Å². The molecule has 2 aromatic rings. The predicted molar refractivity (Wildman–Crippen MR) is 91.1 cm³/mol. The van der Waals surface area contributed by atoms with E-state index in [4.69, 9.17) is 9.15 Å². The van der Waals surface area contributed by atoms with Crippen LogP contribution in [0.4, 0.5) is 5.69 Å². The van der Waals surface area contributed by atoms with Crippen LogP contribution in [0.3, 0.4) is 0 Å². The summed E-state index contributed by atoms with van der Waals surface area (Å²) in [5.74, 6) is 0.960. The van der Waals surface area contributed by atoms with Gasteiger partial charge in [0.05, 0.1) is 12.5 Å². The zero-order valence-corrected chi connectivity index (χ0v) is 13.7. The maximum Gasteiger partial charge on any atom is 0.309 e. The van der Waals surface area contributed by atoms with E-state index in [1.54, 1.807) is 12.1 Å². The zero-order valence-electron chi connectivity index (χ0n) is 13.7. The molecule has 3 rings (SSSR count). The number of hydrogen-bond donors (Lipinski definition) is 0. The van der Waals surface area contributed by atoms with E-state index in [1.807, 2.05) is 31.2 Å². The number of anilines is 1. The highest BCUT2D eigenvalue weighted by atomic mass is 16.5. The quantitative estimate of drug-likeness (QED) is 0.621. The molecular weight excluding hydrogens is 306 g/mol. The Labute approximate surface area is 141 Å². The van der Waals surface area contributed by atoms with Crippen LogP contribution in [-0.2, 0) is 9.53 Å². The van der Waals surface area contributed by atoms with Gasteiger partial charge < -0.3 is 14.1 Å². The number of nitrogens with zero attached hydrogens (tertiary/aromatic N) is 1. The van der Waals surface area contributed by atoms with Crippen LogP contribution in [0.15, 0.2) is 40.8 Å². The summed E-state index contributed by atoms with van der Waals surface area (Å²) >= 11 is 0. The van der Waals surface area contributed by atoms with Gasteiger partial charge in [-0.1, -0.05) is 0 Å². The minimum absolute atomic E-state index is 0.0188. The Balaban J connectivity index is 1.62. The fourth-order valence-corrected chi connectivity index (χ4v) is 3.04. The minimum Gasteiger partial charge on any atom is -0.466 e. The minimum atomic E-state index is -0.0729. The molecule has 2 heterocycles. The SMILES string of the molecule is CCOC(=O)C1CCN(c2ccc(-c3ccc(C=O)o3)cc2)CC1. The van der Waals surface area contributed by atoms with Crippen LogP contribution in [0.1, 0.15) is 30.3 Å². The molecule has 5 heteroatoms.